The molecular formula is C21H23N3S. The van der Waals surface area contributed by atoms with E-state index >= 15 is 0 Å². The zero-order valence-corrected chi connectivity index (χ0v) is 15.4. The molecule has 3 nitrogen and oxygen atoms in total. The number of para-hydroxylation sites is 1. The molecule has 0 radical (unpaired) electrons. The van der Waals surface area contributed by atoms with Crippen molar-refractivity contribution in [2.45, 2.75) is 19.8 Å². The molecule has 128 valence electrons. The van der Waals surface area contributed by atoms with Gasteiger partial charge in [-0.1, -0.05) is 30.3 Å². The van der Waals surface area contributed by atoms with Crippen LogP contribution in [0.4, 0.5) is 16.5 Å². The first-order valence-corrected chi connectivity index (χ1v) is 9.86. The van der Waals surface area contributed by atoms with Gasteiger partial charge in [0.1, 0.15) is 0 Å². The quantitative estimate of drug-likeness (QED) is 0.600. The summed E-state index contributed by atoms with van der Waals surface area (Å²) in [6.45, 7) is 5.44. The van der Waals surface area contributed by atoms with Crippen molar-refractivity contribution in [1.82, 2.24) is 4.98 Å². The second-order valence-corrected chi connectivity index (χ2v) is 7.17. The zero-order chi connectivity index (χ0) is 17.1. The molecule has 1 saturated heterocycles. The van der Waals surface area contributed by atoms with E-state index in [0.29, 0.717) is 0 Å². The highest BCUT2D eigenvalue weighted by molar-refractivity contribution is 7.14. The summed E-state index contributed by atoms with van der Waals surface area (Å²) < 4.78 is 0. The number of benzene rings is 2. The molecule has 0 N–H and O–H groups in total. The monoisotopic (exact) mass is 349 g/mol. The fourth-order valence-electron chi connectivity index (χ4n) is 3.38. The number of thiazole rings is 1. The zero-order valence-electron chi connectivity index (χ0n) is 14.6. The predicted molar refractivity (Wildman–Crippen MR) is 108 cm³/mol. The van der Waals surface area contributed by atoms with Crippen LogP contribution in [0, 0.1) is 0 Å². The molecule has 0 aliphatic carbocycles. The highest BCUT2D eigenvalue weighted by Crippen LogP contribution is 2.32. The molecule has 1 aromatic heterocycles. The first kappa shape index (κ1) is 16.2. The number of anilines is 3. The van der Waals surface area contributed by atoms with Gasteiger partial charge in [-0.2, -0.15) is 0 Å². The van der Waals surface area contributed by atoms with Crippen molar-refractivity contribution in [3.8, 4) is 11.3 Å². The average molecular weight is 350 g/mol. The van der Waals surface area contributed by atoms with Crippen LogP contribution in [0.15, 0.2) is 60.0 Å². The van der Waals surface area contributed by atoms with Gasteiger partial charge in [0.25, 0.3) is 0 Å². The van der Waals surface area contributed by atoms with Gasteiger partial charge in [0.15, 0.2) is 5.13 Å². The smallest absolute Gasteiger partial charge is 0.190 e. The summed E-state index contributed by atoms with van der Waals surface area (Å²) in [7, 11) is 0. The lowest BCUT2D eigenvalue weighted by Gasteiger charge is -2.19. The first-order chi connectivity index (χ1) is 12.3. The van der Waals surface area contributed by atoms with Gasteiger partial charge in [-0.25, -0.2) is 4.98 Å². The van der Waals surface area contributed by atoms with E-state index in [9.17, 15) is 0 Å². The molecule has 2 heterocycles. The highest BCUT2D eigenvalue weighted by Gasteiger charge is 2.14. The van der Waals surface area contributed by atoms with Crippen LogP contribution < -0.4 is 9.80 Å². The molecule has 1 aliphatic heterocycles. The Morgan fingerprint density at radius 2 is 1.72 bits per heavy atom. The van der Waals surface area contributed by atoms with Crippen molar-refractivity contribution < 1.29 is 0 Å². The standard InChI is InChI=1S/C21H23N3S/c1-2-24(19-8-4-3-5-9-19)21-22-20(16-25-21)17-10-12-18(13-11-17)23-14-6-7-15-23/h3-5,8-13,16H,2,6-7,14-15H2,1H3. The summed E-state index contributed by atoms with van der Waals surface area (Å²) in [5.41, 5.74) is 4.77. The van der Waals surface area contributed by atoms with Crippen LogP contribution in [-0.2, 0) is 0 Å². The van der Waals surface area contributed by atoms with Crippen LogP contribution in [0.5, 0.6) is 0 Å². The third-order valence-electron chi connectivity index (χ3n) is 4.74. The van der Waals surface area contributed by atoms with Crippen LogP contribution in [0.1, 0.15) is 19.8 Å². The van der Waals surface area contributed by atoms with Crippen LogP contribution in [0.25, 0.3) is 11.3 Å². The number of hydrogen-bond acceptors (Lipinski definition) is 4. The first-order valence-electron chi connectivity index (χ1n) is 8.98. The molecule has 1 fully saturated rings. The third-order valence-corrected chi connectivity index (χ3v) is 5.60. The van der Waals surface area contributed by atoms with Gasteiger partial charge in [-0.05, 0) is 44.0 Å². The fraction of sp³-hybridized carbons (Fsp3) is 0.286. The lowest BCUT2D eigenvalue weighted by atomic mass is 10.1. The third kappa shape index (κ3) is 3.40. The molecule has 0 amide bonds. The highest BCUT2D eigenvalue weighted by atomic mass is 32.1. The topological polar surface area (TPSA) is 19.4 Å². The van der Waals surface area contributed by atoms with Crippen molar-refractivity contribution >= 4 is 27.8 Å². The minimum absolute atomic E-state index is 0.908. The Morgan fingerprint density at radius 1 is 1.00 bits per heavy atom. The maximum atomic E-state index is 4.89. The summed E-state index contributed by atoms with van der Waals surface area (Å²) >= 11 is 1.71. The Kier molecular flexibility index (Phi) is 4.70. The summed E-state index contributed by atoms with van der Waals surface area (Å²) in [4.78, 5) is 9.61. The molecule has 4 rings (SSSR count). The Bertz CT molecular complexity index is 805. The van der Waals surface area contributed by atoms with E-state index in [0.717, 1.165) is 17.4 Å². The minimum atomic E-state index is 0.908. The van der Waals surface area contributed by atoms with E-state index in [1.165, 1.54) is 42.9 Å². The second-order valence-electron chi connectivity index (χ2n) is 6.34. The van der Waals surface area contributed by atoms with Gasteiger partial charge in [0.2, 0.25) is 0 Å². The molecule has 0 bridgehead atoms. The molecule has 25 heavy (non-hydrogen) atoms. The van der Waals surface area contributed by atoms with Gasteiger partial charge in [0, 0.05) is 42.0 Å². The molecule has 2 aromatic carbocycles. The minimum Gasteiger partial charge on any atom is -0.372 e. The van der Waals surface area contributed by atoms with Crippen LogP contribution in [0.2, 0.25) is 0 Å². The molecule has 3 aromatic rings. The SMILES string of the molecule is CCN(c1ccccc1)c1nc(-c2ccc(N3CCCC3)cc2)cs1. The molecule has 0 atom stereocenters. The van der Waals surface area contributed by atoms with Crippen molar-refractivity contribution in [1.29, 1.82) is 0 Å². The van der Waals surface area contributed by atoms with Gasteiger partial charge >= 0.3 is 0 Å². The van der Waals surface area contributed by atoms with Gasteiger partial charge in [-0.3, -0.25) is 0 Å². The normalized spacial score (nSPS) is 14.0. The average Bonchev–Trinajstić information content (AvgIpc) is 3.36. The van der Waals surface area contributed by atoms with Gasteiger partial charge < -0.3 is 9.80 Å². The van der Waals surface area contributed by atoms with E-state index in [-0.39, 0.29) is 0 Å². The van der Waals surface area contributed by atoms with Crippen LogP contribution >= 0.6 is 11.3 Å². The predicted octanol–water partition coefficient (Wildman–Crippen LogP) is 5.57. The summed E-state index contributed by atoms with van der Waals surface area (Å²) in [5, 5.41) is 3.21. The number of nitrogens with zero attached hydrogens (tertiary/aromatic N) is 3. The Morgan fingerprint density at radius 3 is 2.40 bits per heavy atom. The summed E-state index contributed by atoms with van der Waals surface area (Å²) in [6.07, 6.45) is 2.62. The largest absolute Gasteiger partial charge is 0.372 e. The maximum Gasteiger partial charge on any atom is 0.190 e. The Balaban J connectivity index is 1.56. The van der Waals surface area contributed by atoms with E-state index in [4.69, 9.17) is 4.98 Å². The van der Waals surface area contributed by atoms with Gasteiger partial charge in [-0.15, -0.1) is 11.3 Å². The lowest BCUT2D eigenvalue weighted by Crippen LogP contribution is -2.17. The Hall–Kier alpha value is -2.33. The summed E-state index contributed by atoms with van der Waals surface area (Å²) in [5.74, 6) is 0. The van der Waals surface area contributed by atoms with Crippen molar-refractivity contribution in [2.24, 2.45) is 0 Å². The Labute approximate surface area is 153 Å². The van der Waals surface area contributed by atoms with E-state index in [1.54, 1.807) is 11.3 Å². The van der Waals surface area contributed by atoms with Crippen molar-refractivity contribution in [2.75, 3.05) is 29.4 Å². The van der Waals surface area contributed by atoms with E-state index in [1.807, 2.05) is 6.07 Å². The number of aromatic nitrogens is 1. The lowest BCUT2D eigenvalue weighted by molar-refractivity contribution is 0.949. The number of rotatable bonds is 5. The van der Waals surface area contributed by atoms with E-state index < -0.39 is 0 Å². The summed E-state index contributed by atoms with van der Waals surface area (Å²) in [6, 6.07) is 19.3. The van der Waals surface area contributed by atoms with Gasteiger partial charge in [0.05, 0.1) is 5.69 Å². The molecule has 0 unspecified atom stereocenters. The fourth-order valence-corrected chi connectivity index (χ4v) is 4.29. The second kappa shape index (κ2) is 7.28. The molecule has 1 aliphatic rings. The van der Waals surface area contributed by atoms with Crippen molar-refractivity contribution in [3.05, 3.63) is 60.0 Å². The molecule has 0 saturated carbocycles. The molecule has 4 heteroatoms. The maximum absolute atomic E-state index is 4.89. The van der Waals surface area contributed by atoms with E-state index in [2.05, 4.69) is 70.6 Å². The van der Waals surface area contributed by atoms with Crippen LogP contribution in [0.3, 0.4) is 0 Å². The number of hydrogen-bond donors (Lipinski definition) is 0. The van der Waals surface area contributed by atoms with Crippen LogP contribution in [-0.4, -0.2) is 24.6 Å². The molecular weight excluding hydrogens is 326 g/mol. The molecule has 0 spiro atoms. The van der Waals surface area contributed by atoms with Crippen molar-refractivity contribution in [3.63, 3.8) is 0 Å².